The predicted molar refractivity (Wildman–Crippen MR) is 154 cm³/mol. The number of carbonyl (C=O) groups is 2. The molecule has 0 saturated carbocycles. The fourth-order valence-corrected chi connectivity index (χ4v) is 5.10. The van der Waals surface area contributed by atoms with E-state index in [-0.39, 0.29) is 18.6 Å². The Morgan fingerprint density at radius 2 is 1.44 bits per heavy atom. The van der Waals surface area contributed by atoms with Crippen LogP contribution in [0.4, 0.5) is 4.79 Å². The highest BCUT2D eigenvalue weighted by atomic mass is 16.6. The van der Waals surface area contributed by atoms with E-state index in [1.165, 1.54) is 7.11 Å². The van der Waals surface area contributed by atoms with Crippen LogP contribution in [-0.2, 0) is 16.1 Å². The first kappa shape index (κ1) is 27.8. The van der Waals surface area contributed by atoms with Crippen LogP contribution in [0.3, 0.4) is 0 Å². The van der Waals surface area contributed by atoms with E-state index >= 15 is 0 Å². The third-order valence-corrected chi connectivity index (χ3v) is 7.33. The minimum absolute atomic E-state index is 0.0567. The van der Waals surface area contributed by atoms with Gasteiger partial charge in [-0.25, -0.2) is 14.3 Å². The fraction of sp³-hybridized carbons (Fsp3) is 0.281. The lowest BCUT2D eigenvalue weighted by atomic mass is 9.90. The Morgan fingerprint density at radius 1 is 0.829 bits per heavy atom. The van der Waals surface area contributed by atoms with Gasteiger partial charge in [0.2, 0.25) is 0 Å². The zero-order valence-corrected chi connectivity index (χ0v) is 23.4. The lowest BCUT2D eigenvalue weighted by Gasteiger charge is -2.30. The molecule has 2 heterocycles. The summed E-state index contributed by atoms with van der Waals surface area (Å²) in [6.45, 7) is 1.21. The summed E-state index contributed by atoms with van der Waals surface area (Å²) < 4.78 is 23.3. The number of hydrogen-bond donors (Lipinski definition) is 0. The molecule has 0 bridgehead atoms. The monoisotopic (exact) mass is 555 g/mol. The maximum atomic E-state index is 13.3. The molecule has 0 atom stereocenters. The predicted octanol–water partition coefficient (Wildman–Crippen LogP) is 5.86. The van der Waals surface area contributed by atoms with E-state index in [0.717, 1.165) is 16.8 Å². The van der Waals surface area contributed by atoms with Crippen LogP contribution in [0, 0.1) is 0 Å². The third-order valence-electron chi connectivity index (χ3n) is 7.33. The summed E-state index contributed by atoms with van der Waals surface area (Å²) in [6, 6.07) is 24.6. The molecule has 0 N–H and O–H groups in total. The van der Waals surface area contributed by atoms with Crippen LogP contribution in [0.2, 0.25) is 0 Å². The number of carbonyl (C=O) groups excluding carboxylic acids is 2. The van der Waals surface area contributed by atoms with Gasteiger partial charge in [0, 0.05) is 24.6 Å². The number of esters is 1. The number of piperidine rings is 1. The summed E-state index contributed by atoms with van der Waals surface area (Å²) in [7, 11) is 4.60. The van der Waals surface area contributed by atoms with E-state index in [2.05, 4.69) is 0 Å². The minimum Gasteiger partial charge on any atom is -0.497 e. The summed E-state index contributed by atoms with van der Waals surface area (Å²) in [6.07, 6.45) is 0.918. The first-order valence-electron chi connectivity index (χ1n) is 13.5. The quantitative estimate of drug-likeness (QED) is 0.252. The Kier molecular flexibility index (Phi) is 8.53. The highest BCUT2D eigenvalue weighted by Gasteiger charge is 2.34. The summed E-state index contributed by atoms with van der Waals surface area (Å²) in [5.41, 5.74) is 4.20. The number of likely N-dealkylation sites (tertiary alicyclic amines) is 1. The van der Waals surface area contributed by atoms with Gasteiger partial charge in [-0.3, -0.25) is 0 Å². The third kappa shape index (κ3) is 6.04. The molecule has 9 heteroatoms. The summed E-state index contributed by atoms with van der Waals surface area (Å²) >= 11 is 0. The molecule has 0 aliphatic carbocycles. The second-order valence-corrected chi connectivity index (χ2v) is 9.74. The fourth-order valence-electron chi connectivity index (χ4n) is 5.10. The van der Waals surface area contributed by atoms with Gasteiger partial charge in [0.1, 0.15) is 23.7 Å². The largest absolute Gasteiger partial charge is 0.497 e. The number of ether oxygens (including phenoxy) is 4. The lowest BCUT2D eigenvalue weighted by molar-refractivity contribution is 0.0597. The van der Waals surface area contributed by atoms with Crippen LogP contribution in [0.15, 0.2) is 78.9 Å². The molecule has 9 nitrogen and oxygen atoms in total. The number of nitrogens with zero attached hydrogens (tertiary/aromatic N) is 3. The van der Waals surface area contributed by atoms with E-state index in [0.29, 0.717) is 54.4 Å². The molecule has 212 valence electrons. The molecule has 0 radical (unpaired) electrons. The van der Waals surface area contributed by atoms with Gasteiger partial charge < -0.3 is 23.8 Å². The van der Waals surface area contributed by atoms with E-state index in [4.69, 9.17) is 24.0 Å². The van der Waals surface area contributed by atoms with Crippen molar-refractivity contribution >= 4 is 12.1 Å². The number of amides is 1. The molecule has 0 unspecified atom stereocenters. The van der Waals surface area contributed by atoms with Gasteiger partial charge in [0.05, 0.1) is 38.4 Å². The van der Waals surface area contributed by atoms with Crippen LogP contribution in [0.1, 0.15) is 40.4 Å². The highest BCUT2D eigenvalue weighted by Crippen LogP contribution is 2.38. The maximum absolute atomic E-state index is 13.3. The molecule has 1 aliphatic heterocycles. The van der Waals surface area contributed by atoms with Crippen LogP contribution in [0.25, 0.3) is 16.9 Å². The smallest absolute Gasteiger partial charge is 0.410 e. The van der Waals surface area contributed by atoms with Gasteiger partial charge in [0.15, 0.2) is 0 Å². The summed E-state index contributed by atoms with van der Waals surface area (Å²) in [4.78, 5) is 27.8. The van der Waals surface area contributed by atoms with Gasteiger partial charge >= 0.3 is 12.1 Å². The number of rotatable bonds is 8. The van der Waals surface area contributed by atoms with Crippen molar-refractivity contribution in [2.45, 2.75) is 25.4 Å². The molecule has 3 aromatic carbocycles. The van der Waals surface area contributed by atoms with Crippen molar-refractivity contribution < 1.29 is 28.5 Å². The zero-order chi connectivity index (χ0) is 28.8. The van der Waals surface area contributed by atoms with Crippen LogP contribution in [-0.4, -0.2) is 61.2 Å². The Bertz CT molecular complexity index is 1470. The highest BCUT2D eigenvalue weighted by molar-refractivity contribution is 5.98. The summed E-state index contributed by atoms with van der Waals surface area (Å²) in [5, 5.41) is 5.00. The van der Waals surface area contributed by atoms with Crippen molar-refractivity contribution in [3.63, 3.8) is 0 Å². The number of benzene rings is 3. The van der Waals surface area contributed by atoms with Crippen molar-refractivity contribution in [3.05, 3.63) is 95.7 Å². The average molecular weight is 556 g/mol. The van der Waals surface area contributed by atoms with Crippen LogP contribution in [0.5, 0.6) is 11.5 Å². The summed E-state index contributed by atoms with van der Waals surface area (Å²) in [5.74, 6) is 0.900. The van der Waals surface area contributed by atoms with Gasteiger partial charge in [0.25, 0.3) is 0 Å². The molecule has 4 aromatic rings. The van der Waals surface area contributed by atoms with E-state index < -0.39 is 5.97 Å². The Morgan fingerprint density at radius 3 is 2.02 bits per heavy atom. The van der Waals surface area contributed by atoms with Gasteiger partial charge in [-0.05, 0) is 66.9 Å². The Labute approximate surface area is 239 Å². The van der Waals surface area contributed by atoms with Gasteiger partial charge in [-0.1, -0.05) is 30.3 Å². The molecule has 5 rings (SSSR count). The molecule has 41 heavy (non-hydrogen) atoms. The standard InChI is InChI=1S/C32H33N3O6/c1-38-26-13-9-24(10-14-26)30-28(31(36)40-3)29(33-35(30)25-11-15-27(39-2)16-12-25)23-17-19-34(20-18-23)32(37)41-21-22-7-5-4-6-8-22/h4-16,23H,17-21H2,1-3H3. The second kappa shape index (κ2) is 12.6. The molecule has 1 saturated heterocycles. The number of aromatic nitrogens is 2. The second-order valence-electron chi connectivity index (χ2n) is 9.74. The number of hydrogen-bond acceptors (Lipinski definition) is 7. The number of methoxy groups -OCH3 is 3. The van der Waals surface area contributed by atoms with E-state index in [1.54, 1.807) is 23.8 Å². The molecule has 1 fully saturated rings. The Balaban J connectivity index is 1.45. The SMILES string of the molecule is COC(=O)c1c(C2CCN(C(=O)OCc3ccccc3)CC2)nn(-c2ccc(OC)cc2)c1-c1ccc(OC)cc1. The van der Waals surface area contributed by atoms with Crippen LogP contribution < -0.4 is 9.47 Å². The maximum Gasteiger partial charge on any atom is 0.410 e. The molecular formula is C32H33N3O6. The first-order chi connectivity index (χ1) is 20.0. The first-order valence-corrected chi connectivity index (χ1v) is 13.5. The molecule has 1 aliphatic rings. The van der Waals surface area contributed by atoms with Crippen molar-refractivity contribution in [2.75, 3.05) is 34.4 Å². The van der Waals surface area contributed by atoms with Crippen molar-refractivity contribution in [1.29, 1.82) is 0 Å². The average Bonchev–Trinajstić information content (AvgIpc) is 3.44. The molecule has 1 amide bonds. The molecule has 0 spiro atoms. The Hall–Kier alpha value is -4.79. The lowest BCUT2D eigenvalue weighted by Crippen LogP contribution is -2.38. The van der Waals surface area contributed by atoms with Crippen molar-refractivity contribution in [3.8, 4) is 28.4 Å². The topological polar surface area (TPSA) is 92.1 Å². The zero-order valence-electron chi connectivity index (χ0n) is 23.4. The van der Waals surface area contributed by atoms with Gasteiger partial charge in [-0.15, -0.1) is 0 Å². The molecule has 1 aromatic heterocycles. The normalized spacial score (nSPS) is 13.5. The van der Waals surface area contributed by atoms with Crippen molar-refractivity contribution in [2.24, 2.45) is 0 Å². The van der Waals surface area contributed by atoms with E-state index in [9.17, 15) is 9.59 Å². The van der Waals surface area contributed by atoms with Crippen molar-refractivity contribution in [1.82, 2.24) is 14.7 Å². The van der Waals surface area contributed by atoms with Gasteiger partial charge in [-0.2, -0.15) is 5.10 Å². The minimum atomic E-state index is -0.463. The van der Waals surface area contributed by atoms with E-state index in [1.807, 2.05) is 78.9 Å². The molecular weight excluding hydrogens is 522 g/mol. The van der Waals surface area contributed by atoms with Crippen LogP contribution >= 0.6 is 0 Å².